The summed E-state index contributed by atoms with van der Waals surface area (Å²) in [6.07, 6.45) is 5.13. The molecule has 2 aliphatic rings. The van der Waals surface area contributed by atoms with E-state index in [0.717, 1.165) is 25.6 Å². The molecule has 19 heavy (non-hydrogen) atoms. The number of hydrogen-bond donors (Lipinski definition) is 2. The third-order valence-corrected chi connectivity index (χ3v) is 4.07. The Kier molecular flexibility index (Phi) is 6.07. The molecule has 0 aromatic carbocycles. The minimum atomic E-state index is -0.349. The van der Waals surface area contributed by atoms with Crippen molar-refractivity contribution >= 4 is 0 Å². The molecule has 1 aliphatic heterocycles. The summed E-state index contributed by atoms with van der Waals surface area (Å²) in [5.41, 5.74) is 0. The Labute approximate surface area is 117 Å². The number of rotatable bonds is 8. The van der Waals surface area contributed by atoms with Crippen molar-refractivity contribution in [2.45, 2.75) is 57.8 Å². The van der Waals surface area contributed by atoms with E-state index in [0.29, 0.717) is 12.6 Å². The van der Waals surface area contributed by atoms with Crippen molar-refractivity contribution < 1.29 is 9.84 Å². The number of nitrogens with zero attached hydrogens (tertiary/aromatic N) is 1. The van der Waals surface area contributed by atoms with Gasteiger partial charge in [-0.1, -0.05) is 0 Å². The summed E-state index contributed by atoms with van der Waals surface area (Å²) in [4.78, 5) is 2.36. The van der Waals surface area contributed by atoms with Gasteiger partial charge in [0.05, 0.1) is 18.8 Å². The van der Waals surface area contributed by atoms with Crippen LogP contribution in [-0.4, -0.2) is 61.0 Å². The van der Waals surface area contributed by atoms with Crippen LogP contribution in [0, 0.1) is 5.92 Å². The van der Waals surface area contributed by atoms with Crippen molar-refractivity contribution in [3.63, 3.8) is 0 Å². The number of piperidine rings is 1. The second-order valence-electron chi connectivity index (χ2n) is 6.46. The van der Waals surface area contributed by atoms with Crippen molar-refractivity contribution in [1.29, 1.82) is 0 Å². The highest BCUT2D eigenvalue weighted by Gasteiger charge is 2.25. The SMILES string of the molecule is CC(C)OCC(O)CN1CCC(NCC2CC2)CC1. The number of hydrogen-bond acceptors (Lipinski definition) is 4. The van der Waals surface area contributed by atoms with E-state index in [4.69, 9.17) is 4.74 Å². The van der Waals surface area contributed by atoms with Crippen molar-refractivity contribution in [2.24, 2.45) is 5.92 Å². The minimum absolute atomic E-state index is 0.201. The lowest BCUT2D eigenvalue weighted by Gasteiger charge is -2.33. The summed E-state index contributed by atoms with van der Waals surface area (Å²) in [6.45, 7) is 8.63. The van der Waals surface area contributed by atoms with E-state index < -0.39 is 0 Å². The van der Waals surface area contributed by atoms with Crippen LogP contribution in [0.1, 0.15) is 39.5 Å². The van der Waals surface area contributed by atoms with Gasteiger partial charge in [0.2, 0.25) is 0 Å². The lowest BCUT2D eigenvalue weighted by Crippen LogP contribution is -2.46. The summed E-state index contributed by atoms with van der Waals surface area (Å²) in [5, 5.41) is 13.6. The highest BCUT2D eigenvalue weighted by atomic mass is 16.5. The first kappa shape index (κ1) is 15.2. The maximum absolute atomic E-state index is 9.92. The molecule has 0 aromatic rings. The molecule has 2 rings (SSSR count). The van der Waals surface area contributed by atoms with E-state index in [1.54, 1.807) is 0 Å². The summed E-state index contributed by atoms with van der Waals surface area (Å²) < 4.78 is 5.45. The molecule has 1 saturated heterocycles. The van der Waals surface area contributed by atoms with Gasteiger partial charge in [-0.2, -0.15) is 0 Å². The highest BCUT2D eigenvalue weighted by molar-refractivity contribution is 4.82. The summed E-state index contributed by atoms with van der Waals surface area (Å²) >= 11 is 0. The van der Waals surface area contributed by atoms with Gasteiger partial charge in [0, 0.05) is 12.6 Å². The van der Waals surface area contributed by atoms with E-state index in [1.807, 2.05) is 13.8 Å². The summed E-state index contributed by atoms with van der Waals surface area (Å²) in [7, 11) is 0. The molecule has 1 atom stereocenters. The van der Waals surface area contributed by atoms with Crippen LogP contribution < -0.4 is 5.32 Å². The fourth-order valence-electron chi connectivity index (χ4n) is 2.63. The van der Waals surface area contributed by atoms with Crippen LogP contribution in [0.2, 0.25) is 0 Å². The smallest absolute Gasteiger partial charge is 0.0900 e. The zero-order valence-electron chi connectivity index (χ0n) is 12.5. The monoisotopic (exact) mass is 270 g/mol. The van der Waals surface area contributed by atoms with Crippen LogP contribution >= 0.6 is 0 Å². The predicted molar refractivity (Wildman–Crippen MR) is 77.3 cm³/mol. The maximum Gasteiger partial charge on any atom is 0.0900 e. The quantitative estimate of drug-likeness (QED) is 0.696. The fraction of sp³-hybridized carbons (Fsp3) is 1.00. The van der Waals surface area contributed by atoms with Crippen LogP contribution in [0.5, 0.6) is 0 Å². The molecule has 112 valence electrons. The molecule has 0 radical (unpaired) electrons. The van der Waals surface area contributed by atoms with Gasteiger partial charge in [-0.3, -0.25) is 0 Å². The zero-order chi connectivity index (χ0) is 13.7. The van der Waals surface area contributed by atoms with E-state index in [-0.39, 0.29) is 12.2 Å². The molecule has 0 aromatic heterocycles. The summed E-state index contributed by atoms with van der Waals surface area (Å²) in [6, 6.07) is 0.695. The standard InChI is InChI=1S/C15H30N2O2/c1-12(2)19-11-15(18)10-17-7-5-14(6-8-17)16-9-13-3-4-13/h12-16,18H,3-11H2,1-2H3. The molecular formula is C15H30N2O2. The molecule has 4 heteroatoms. The van der Waals surface area contributed by atoms with Gasteiger partial charge < -0.3 is 20.1 Å². The molecule has 1 heterocycles. The number of ether oxygens (including phenoxy) is 1. The normalized spacial score (nSPS) is 24.0. The summed E-state index contributed by atoms with van der Waals surface area (Å²) in [5.74, 6) is 0.966. The van der Waals surface area contributed by atoms with Crippen LogP contribution in [0.15, 0.2) is 0 Å². The molecule has 2 N–H and O–H groups in total. The first-order valence-electron chi connectivity index (χ1n) is 7.89. The number of aliphatic hydroxyl groups is 1. The Morgan fingerprint density at radius 1 is 1.21 bits per heavy atom. The van der Waals surface area contributed by atoms with Crippen molar-refractivity contribution in [2.75, 3.05) is 32.8 Å². The molecule has 0 spiro atoms. The van der Waals surface area contributed by atoms with Crippen molar-refractivity contribution in [1.82, 2.24) is 10.2 Å². The van der Waals surface area contributed by atoms with Crippen LogP contribution in [0.4, 0.5) is 0 Å². The molecule has 0 amide bonds. The van der Waals surface area contributed by atoms with Gasteiger partial charge >= 0.3 is 0 Å². The minimum Gasteiger partial charge on any atom is -0.389 e. The number of nitrogens with one attached hydrogen (secondary N) is 1. The van der Waals surface area contributed by atoms with E-state index >= 15 is 0 Å². The average molecular weight is 270 g/mol. The molecule has 4 nitrogen and oxygen atoms in total. The number of β-amino-alcohol motifs (C(OH)–C–C–N with tert-alkyl or cyclic N) is 1. The first-order valence-corrected chi connectivity index (χ1v) is 7.89. The lowest BCUT2D eigenvalue weighted by molar-refractivity contribution is -0.0115. The molecule has 0 bridgehead atoms. The van der Waals surface area contributed by atoms with Gasteiger partial charge in [-0.05, 0) is 65.1 Å². The van der Waals surface area contributed by atoms with Gasteiger partial charge in [0.25, 0.3) is 0 Å². The van der Waals surface area contributed by atoms with Crippen LogP contribution in [0.3, 0.4) is 0 Å². The molecule has 1 aliphatic carbocycles. The molecule has 1 saturated carbocycles. The van der Waals surface area contributed by atoms with E-state index in [1.165, 1.54) is 32.2 Å². The Bertz CT molecular complexity index is 249. The molecule has 2 fully saturated rings. The Hall–Kier alpha value is -0.160. The Morgan fingerprint density at radius 2 is 1.89 bits per heavy atom. The van der Waals surface area contributed by atoms with Gasteiger partial charge in [0.1, 0.15) is 0 Å². The maximum atomic E-state index is 9.92. The van der Waals surface area contributed by atoms with E-state index in [9.17, 15) is 5.11 Å². The third kappa shape index (κ3) is 6.21. The van der Waals surface area contributed by atoms with Crippen LogP contribution in [0.25, 0.3) is 0 Å². The largest absolute Gasteiger partial charge is 0.389 e. The number of aliphatic hydroxyl groups excluding tert-OH is 1. The fourth-order valence-corrected chi connectivity index (χ4v) is 2.63. The van der Waals surface area contributed by atoms with Gasteiger partial charge in [-0.15, -0.1) is 0 Å². The molecular weight excluding hydrogens is 240 g/mol. The highest BCUT2D eigenvalue weighted by Crippen LogP contribution is 2.28. The Morgan fingerprint density at radius 3 is 2.47 bits per heavy atom. The van der Waals surface area contributed by atoms with Crippen molar-refractivity contribution in [3.8, 4) is 0 Å². The molecule has 1 unspecified atom stereocenters. The topological polar surface area (TPSA) is 44.7 Å². The zero-order valence-corrected chi connectivity index (χ0v) is 12.5. The Balaban J connectivity index is 1.54. The van der Waals surface area contributed by atoms with Crippen LogP contribution in [-0.2, 0) is 4.74 Å². The second kappa shape index (κ2) is 7.58. The average Bonchev–Trinajstić information content (AvgIpc) is 3.20. The van der Waals surface area contributed by atoms with Gasteiger partial charge in [-0.25, -0.2) is 0 Å². The number of likely N-dealkylation sites (tertiary alicyclic amines) is 1. The van der Waals surface area contributed by atoms with Crippen molar-refractivity contribution in [3.05, 3.63) is 0 Å². The first-order chi connectivity index (χ1) is 9.13. The van der Waals surface area contributed by atoms with Gasteiger partial charge in [0.15, 0.2) is 0 Å². The third-order valence-electron chi connectivity index (χ3n) is 4.07. The van der Waals surface area contributed by atoms with E-state index in [2.05, 4.69) is 10.2 Å². The lowest BCUT2D eigenvalue weighted by atomic mass is 10.0. The second-order valence-corrected chi connectivity index (χ2v) is 6.46. The predicted octanol–water partition coefficient (Wildman–Crippen LogP) is 1.24.